The van der Waals surface area contributed by atoms with Gasteiger partial charge >= 0.3 is 5.97 Å². The molecular formula is C11H12Cl2O2. The van der Waals surface area contributed by atoms with Gasteiger partial charge in [0.1, 0.15) is 0 Å². The van der Waals surface area contributed by atoms with E-state index in [-0.39, 0.29) is 0 Å². The van der Waals surface area contributed by atoms with Gasteiger partial charge in [0.2, 0.25) is 0 Å². The summed E-state index contributed by atoms with van der Waals surface area (Å²) < 4.78 is 5.04. The van der Waals surface area contributed by atoms with Crippen molar-refractivity contribution < 1.29 is 9.53 Å². The van der Waals surface area contributed by atoms with Crippen LogP contribution >= 0.6 is 23.2 Å². The quantitative estimate of drug-likeness (QED) is 0.759. The SMILES string of the molecule is CC(C)COC(=O)c1ccc(Cl)cc1Cl. The second-order valence-corrected chi connectivity index (χ2v) is 4.46. The molecule has 1 rings (SSSR count). The molecule has 0 unspecified atom stereocenters. The molecular weight excluding hydrogens is 235 g/mol. The number of hydrogen-bond donors (Lipinski definition) is 0. The lowest BCUT2D eigenvalue weighted by molar-refractivity contribution is 0.0459. The second kappa shape index (κ2) is 5.38. The van der Waals surface area contributed by atoms with Crippen molar-refractivity contribution in [3.63, 3.8) is 0 Å². The lowest BCUT2D eigenvalue weighted by atomic mass is 10.2. The minimum Gasteiger partial charge on any atom is -0.462 e. The Morgan fingerprint density at radius 3 is 2.60 bits per heavy atom. The maximum Gasteiger partial charge on any atom is 0.339 e. The third kappa shape index (κ3) is 3.73. The van der Waals surface area contributed by atoms with Crippen LogP contribution in [0.2, 0.25) is 10.0 Å². The average Bonchev–Trinajstić information content (AvgIpc) is 2.14. The van der Waals surface area contributed by atoms with Crippen LogP contribution in [0.3, 0.4) is 0 Å². The maximum atomic E-state index is 11.5. The largest absolute Gasteiger partial charge is 0.462 e. The molecule has 1 aromatic carbocycles. The van der Waals surface area contributed by atoms with E-state index in [0.29, 0.717) is 28.1 Å². The predicted octanol–water partition coefficient (Wildman–Crippen LogP) is 3.81. The minimum absolute atomic E-state index is 0.306. The summed E-state index contributed by atoms with van der Waals surface area (Å²) in [4.78, 5) is 11.5. The fourth-order valence-corrected chi connectivity index (χ4v) is 1.46. The topological polar surface area (TPSA) is 26.3 Å². The molecule has 0 spiro atoms. The molecule has 0 bridgehead atoms. The average molecular weight is 247 g/mol. The zero-order chi connectivity index (χ0) is 11.4. The number of carbonyl (C=O) groups excluding carboxylic acids is 1. The Bertz CT molecular complexity index is 362. The van der Waals surface area contributed by atoms with Crippen molar-refractivity contribution in [2.75, 3.05) is 6.61 Å². The molecule has 2 nitrogen and oxygen atoms in total. The van der Waals surface area contributed by atoms with Gasteiger partial charge in [-0.2, -0.15) is 0 Å². The van der Waals surface area contributed by atoms with Crippen LogP contribution < -0.4 is 0 Å². The molecule has 0 aromatic heterocycles. The van der Waals surface area contributed by atoms with Gasteiger partial charge in [-0.3, -0.25) is 0 Å². The number of ether oxygens (including phenoxy) is 1. The molecule has 0 saturated heterocycles. The first kappa shape index (κ1) is 12.3. The number of benzene rings is 1. The number of hydrogen-bond acceptors (Lipinski definition) is 2. The van der Waals surface area contributed by atoms with Crippen LogP contribution in [0.5, 0.6) is 0 Å². The molecule has 0 atom stereocenters. The summed E-state index contributed by atoms with van der Waals surface area (Å²) in [7, 11) is 0. The van der Waals surface area contributed by atoms with Gasteiger partial charge in [0.15, 0.2) is 0 Å². The van der Waals surface area contributed by atoms with E-state index in [9.17, 15) is 4.79 Å². The van der Waals surface area contributed by atoms with E-state index in [1.54, 1.807) is 12.1 Å². The minimum atomic E-state index is -0.412. The van der Waals surface area contributed by atoms with E-state index in [4.69, 9.17) is 27.9 Å². The summed E-state index contributed by atoms with van der Waals surface area (Å²) in [6.07, 6.45) is 0. The summed E-state index contributed by atoms with van der Waals surface area (Å²) in [6, 6.07) is 4.70. The van der Waals surface area contributed by atoms with E-state index in [2.05, 4.69) is 0 Å². The Balaban J connectivity index is 2.74. The zero-order valence-corrected chi connectivity index (χ0v) is 10.1. The van der Waals surface area contributed by atoms with Gasteiger partial charge in [-0.05, 0) is 24.1 Å². The fourth-order valence-electron chi connectivity index (χ4n) is 0.975. The molecule has 1 aromatic rings. The third-order valence-corrected chi connectivity index (χ3v) is 2.25. The molecule has 0 heterocycles. The molecule has 0 saturated carbocycles. The zero-order valence-electron chi connectivity index (χ0n) is 8.59. The lowest BCUT2D eigenvalue weighted by Gasteiger charge is -2.08. The van der Waals surface area contributed by atoms with Crippen molar-refractivity contribution in [3.8, 4) is 0 Å². The number of esters is 1. The number of carbonyl (C=O) groups is 1. The van der Waals surface area contributed by atoms with Gasteiger partial charge in [-0.25, -0.2) is 4.79 Å². The van der Waals surface area contributed by atoms with Gasteiger partial charge in [0, 0.05) is 5.02 Å². The van der Waals surface area contributed by atoms with Crippen molar-refractivity contribution in [2.24, 2.45) is 5.92 Å². The molecule has 0 aliphatic carbocycles. The highest BCUT2D eigenvalue weighted by Gasteiger charge is 2.12. The van der Waals surface area contributed by atoms with Crippen LogP contribution in [0.1, 0.15) is 24.2 Å². The number of halogens is 2. The summed E-state index contributed by atoms with van der Waals surface area (Å²) >= 11 is 11.6. The van der Waals surface area contributed by atoms with Crippen molar-refractivity contribution in [3.05, 3.63) is 33.8 Å². The van der Waals surface area contributed by atoms with Crippen LogP contribution in [0, 0.1) is 5.92 Å². The lowest BCUT2D eigenvalue weighted by Crippen LogP contribution is -2.10. The van der Waals surface area contributed by atoms with Gasteiger partial charge in [-0.1, -0.05) is 37.0 Å². The molecule has 0 aliphatic rings. The molecule has 0 fully saturated rings. The van der Waals surface area contributed by atoms with Crippen molar-refractivity contribution in [2.45, 2.75) is 13.8 Å². The van der Waals surface area contributed by atoms with Crippen LogP contribution in [0.15, 0.2) is 18.2 Å². The van der Waals surface area contributed by atoms with E-state index < -0.39 is 5.97 Å². The summed E-state index contributed by atoms with van der Waals surface area (Å²) in [5.41, 5.74) is 0.349. The van der Waals surface area contributed by atoms with E-state index in [1.165, 1.54) is 6.07 Å². The Kier molecular flexibility index (Phi) is 4.43. The number of rotatable bonds is 3. The van der Waals surface area contributed by atoms with Crippen LogP contribution in [0.4, 0.5) is 0 Å². The summed E-state index contributed by atoms with van der Waals surface area (Å²) in [5, 5.41) is 0.816. The fraction of sp³-hybridized carbons (Fsp3) is 0.364. The normalized spacial score (nSPS) is 10.5. The molecule has 0 amide bonds. The maximum absolute atomic E-state index is 11.5. The Labute approximate surface area is 99.1 Å². The van der Waals surface area contributed by atoms with Gasteiger partial charge < -0.3 is 4.74 Å². The third-order valence-electron chi connectivity index (χ3n) is 1.70. The highest BCUT2D eigenvalue weighted by Crippen LogP contribution is 2.21. The first-order valence-electron chi connectivity index (χ1n) is 4.63. The van der Waals surface area contributed by atoms with Crippen LogP contribution in [-0.4, -0.2) is 12.6 Å². The van der Waals surface area contributed by atoms with Crippen molar-refractivity contribution in [1.82, 2.24) is 0 Å². The molecule has 15 heavy (non-hydrogen) atoms. The van der Waals surface area contributed by atoms with Gasteiger partial charge in [0.25, 0.3) is 0 Å². The van der Waals surface area contributed by atoms with Gasteiger partial charge in [0.05, 0.1) is 17.2 Å². The molecule has 4 heteroatoms. The van der Waals surface area contributed by atoms with E-state index in [1.807, 2.05) is 13.8 Å². The highest BCUT2D eigenvalue weighted by atomic mass is 35.5. The second-order valence-electron chi connectivity index (χ2n) is 3.62. The Morgan fingerprint density at radius 1 is 1.40 bits per heavy atom. The standard InChI is InChI=1S/C11H12Cl2O2/c1-7(2)6-15-11(14)9-4-3-8(12)5-10(9)13/h3-5,7H,6H2,1-2H3. The van der Waals surface area contributed by atoms with Crippen molar-refractivity contribution in [1.29, 1.82) is 0 Å². The van der Waals surface area contributed by atoms with E-state index >= 15 is 0 Å². The smallest absolute Gasteiger partial charge is 0.339 e. The Hall–Kier alpha value is -0.730. The molecule has 0 aliphatic heterocycles. The van der Waals surface area contributed by atoms with Crippen LogP contribution in [0.25, 0.3) is 0 Å². The Morgan fingerprint density at radius 2 is 2.07 bits per heavy atom. The summed E-state index contributed by atoms with van der Waals surface area (Å²) in [6.45, 7) is 4.32. The molecule has 0 radical (unpaired) electrons. The van der Waals surface area contributed by atoms with Gasteiger partial charge in [-0.15, -0.1) is 0 Å². The highest BCUT2D eigenvalue weighted by molar-refractivity contribution is 6.36. The van der Waals surface area contributed by atoms with E-state index in [0.717, 1.165) is 0 Å². The van der Waals surface area contributed by atoms with Crippen molar-refractivity contribution >= 4 is 29.2 Å². The first-order valence-corrected chi connectivity index (χ1v) is 5.38. The monoisotopic (exact) mass is 246 g/mol. The molecule has 0 N–H and O–H groups in total. The van der Waals surface area contributed by atoms with Crippen LogP contribution in [-0.2, 0) is 4.74 Å². The summed E-state index contributed by atoms with van der Waals surface area (Å²) in [5.74, 6) is -0.106. The predicted molar refractivity (Wildman–Crippen MR) is 61.6 cm³/mol. The molecule has 82 valence electrons. The first-order chi connectivity index (χ1) is 7.00.